The third-order valence-electron chi connectivity index (χ3n) is 3.12. The van der Waals surface area contributed by atoms with Crippen molar-refractivity contribution < 1.29 is 26.7 Å². The van der Waals surface area contributed by atoms with Crippen molar-refractivity contribution in [3.8, 4) is 0 Å². The van der Waals surface area contributed by atoms with Gasteiger partial charge in [-0.1, -0.05) is 0 Å². The second-order valence-electron chi connectivity index (χ2n) is 4.22. The van der Waals surface area contributed by atoms with Gasteiger partial charge in [-0.05, 0) is 20.8 Å². The number of hydrogen-bond donors (Lipinski definition) is 0. The van der Waals surface area contributed by atoms with Gasteiger partial charge in [-0.2, -0.15) is 0 Å². The smallest absolute Gasteiger partial charge is 0.230 e. The van der Waals surface area contributed by atoms with Crippen molar-refractivity contribution in [1.29, 1.82) is 0 Å². The van der Waals surface area contributed by atoms with Gasteiger partial charge in [-0.15, -0.1) is 0 Å². The maximum Gasteiger partial charge on any atom is 0.230 e. The summed E-state index contributed by atoms with van der Waals surface area (Å²) in [6, 6.07) is 0. The maximum absolute atomic E-state index is 13.6. The topological polar surface area (TPSA) is 20.3 Å². The molecule has 0 bridgehead atoms. The Morgan fingerprint density at radius 3 is 1.60 bits per heavy atom. The minimum absolute atomic E-state index is 0.273. The van der Waals surface area contributed by atoms with Gasteiger partial charge in [0.05, 0.1) is 5.92 Å². The van der Waals surface area contributed by atoms with Crippen molar-refractivity contribution >= 4 is 5.91 Å². The van der Waals surface area contributed by atoms with Crippen molar-refractivity contribution in [2.75, 3.05) is 13.1 Å². The Kier molecular flexibility index (Phi) is 5.08. The van der Waals surface area contributed by atoms with Gasteiger partial charge < -0.3 is 4.90 Å². The van der Waals surface area contributed by atoms with Crippen LogP contribution in [0, 0.1) is 29.1 Å². The van der Waals surface area contributed by atoms with Crippen LogP contribution >= 0.6 is 0 Å². The van der Waals surface area contributed by atoms with Crippen LogP contribution in [0.2, 0.25) is 0 Å². The molecule has 0 saturated heterocycles. The van der Waals surface area contributed by atoms with Gasteiger partial charge in [0.25, 0.3) is 0 Å². The van der Waals surface area contributed by atoms with Gasteiger partial charge in [-0.3, -0.25) is 4.79 Å². The Hall–Kier alpha value is -1.66. The highest BCUT2D eigenvalue weighted by molar-refractivity contribution is 5.83. The quantitative estimate of drug-likeness (QED) is 0.474. The summed E-state index contributed by atoms with van der Waals surface area (Å²) in [6.45, 7) is 4.95. The molecule has 0 aliphatic heterocycles. The van der Waals surface area contributed by atoms with Gasteiger partial charge in [0, 0.05) is 18.7 Å². The summed E-state index contributed by atoms with van der Waals surface area (Å²) in [5.74, 6) is -12.4. The largest absolute Gasteiger partial charge is 0.343 e. The van der Waals surface area contributed by atoms with Crippen molar-refractivity contribution in [3.05, 3.63) is 34.6 Å². The van der Waals surface area contributed by atoms with Crippen LogP contribution in [-0.4, -0.2) is 23.9 Å². The Balaban J connectivity index is 3.37. The van der Waals surface area contributed by atoms with E-state index < -0.39 is 46.5 Å². The Labute approximate surface area is 113 Å². The molecule has 20 heavy (non-hydrogen) atoms. The highest BCUT2D eigenvalue weighted by Gasteiger charge is 2.32. The van der Waals surface area contributed by atoms with Gasteiger partial charge in [0.2, 0.25) is 11.7 Å². The fourth-order valence-corrected chi connectivity index (χ4v) is 1.93. The molecule has 0 fully saturated rings. The molecule has 0 saturated carbocycles. The lowest BCUT2D eigenvalue weighted by Crippen LogP contribution is -2.34. The van der Waals surface area contributed by atoms with Crippen molar-refractivity contribution in [2.45, 2.75) is 26.7 Å². The van der Waals surface area contributed by atoms with Crippen molar-refractivity contribution in [2.24, 2.45) is 0 Å². The molecule has 0 aliphatic carbocycles. The fourth-order valence-electron chi connectivity index (χ4n) is 1.93. The lowest BCUT2D eigenvalue weighted by molar-refractivity contribution is -0.132. The maximum atomic E-state index is 13.6. The number of rotatable bonds is 4. The Morgan fingerprint density at radius 1 is 0.900 bits per heavy atom. The number of likely N-dealkylation sites (N-methyl/N-ethyl adjacent to an activating group) is 1. The molecule has 1 aromatic rings. The van der Waals surface area contributed by atoms with E-state index in [1.165, 1.54) is 4.90 Å². The molecular weight excluding hydrogens is 281 g/mol. The zero-order valence-corrected chi connectivity index (χ0v) is 11.2. The van der Waals surface area contributed by atoms with Gasteiger partial charge in [0.15, 0.2) is 23.3 Å². The lowest BCUT2D eigenvalue weighted by atomic mass is 9.97. The Morgan fingerprint density at radius 2 is 1.25 bits per heavy atom. The molecule has 7 heteroatoms. The molecule has 0 heterocycles. The molecule has 1 rings (SSSR count). The van der Waals surface area contributed by atoms with E-state index >= 15 is 0 Å². The van der Waals surface area contributed by atoms with E-state index in [1.54, 1.807) is 13.8 Å². The first-order valence-corrected chi connectivity index (χ1v) is 6.07. The molecule has 0 spiro atoms. The first-order chi connectivity index (χ1) is 9.27. The standard InChI is InChI=1S/C13H14F5NO/c1-4-19(5-2)13(20)6(3)7-8(14)10(16)12(18)11(17)9(7)15/h6H,4-5H2,1-3H3. The van der Waals surface area contributed by atoms with Gasteiger partial charge in [-0.25, -0.2) is 22.0 Å². The molecule has 0 aliphatic rings. The lowest BCUT2D eigenvalue weighted by Gasteiger charge is -2.23. The summed E-state index contributed by atoms with van der Waals surface area (Å²) < 4.78 is 66.3. The average molecular weight is 295 g/mol. The fraction of sp³-hybridized carbons (Fsp3) is 0.462. The molecule has 1 unspecified atom stereocenters. The van der Waals surface area contributed by atoms with Crippen LogP contribution < -0.4 is 0 Å². The molecule has 2 nitrogen and oxygen atoms in total. The number of nitrogens with zero attached hydrogens (tertiary/aromatic N) is 1. The number of carbonyl (C=O) groups is 1. The molecule has 0 aromatic heterocycles. The van der Waals surface area contributed by atoms with Crippen LogP contribution in [0.3, 0.4) is 0 Å². The highest BCUT2D eigenvalue weighted by Crippen LogP contribution is 2.29. The van der Waals surface area contributed by atoms with Gasteiger partial charge >= 0.3 is 0 Å². The second-order valence-corrected chi connectivity index (χ2v) is 4.22. The first-order valence-electron chi connectivity index (χ1n) is 6.07. The predicted octanol–water partition coefficient (Wildman–Crippen LogP) is 3.35. The first kappa shape index (κ1) is 16.4. The average Bonchev–Trinajstić information content (AvgIpc) is 2.44. The highest BCUT2D eigenvalue weighted by atomic mass is 19.2. The minimum Gasteiger partial charge on any atom is -0.343 e. The van der Waals surface area contributed by atoms with Crippen LogP contribution in [0.1, 0.15) is 32.3 Å². The van der Waals surface area contributed by atoms with E-state index in [2.05, 4.69) is 0 Å². The van der Waals surface area contributed by atoms with E-state index in [-0.39, 0.29) is 13.1 Å². The summed E-state index contributed by atoms with van der Waals surface area (Å²) in [7, 11) is 0. The molecule has 112 valence electrons. The summed E-state index contributed by atoms with van der Waals surface area (Å²) in [4.78, 5) is 13.2. The summed E-state index contributed by atoms with van der Waals surface area (Å²) in [5.41, 5.74) is -1.10. The third kappa shape index (κ3) is 2.62. The van der Waals surface area contributed by atoms with E-state index in [1.807, 2.05) is 0 Å². The van der Waals surface area contributed by atoms with Crippen LogP contribution in [-0.2, 0) is 4.79 Å². The van der Waals surface area contributed by atoms with Crippen LogP contribution in [0.15, 0.2) is 0 Å². The number of carbonyl (C=O) groups excluding carboxylic acids is 1. The third-order valence-corrected chi connectivity index (χ3v) is 3.12. The normalized spacial score (nSPS) is 12.4. The number of halogens is 5. The SMILES string of the molecule is CCN(CC)C(=O)C(C)c1c(F)c(F)c(F)c(F)c1F. The zero-order chi connectivity index (χ0) is 15.6. The van der Waals surface area contributed by atoms with E-state index in [9.17, 15) is 26.7 Å². The summed E-state index contributed by atoms with van der Waals surface area (Å²) >= 11 is 0. The van der Waals surface area contributed by atoms with Crippen molar-refractivity contribution in [3.63, 3.8) is 0 Å². The van der Waals surface area contributed by atoms with Crippen LogP contribution in [0.5, 0.6) is 0 Å². The predicted molar refractivity (Wildman–Crippen MR) is 62.6 cm³/mol. The number of amides is 1. The van der Waals surface area contributed by atoms with Crippen LogP contribution in [0.4, 0.5) is 22.0 Å². The van der Waals surface area contributed by atoms with E-state index in [0.29, 0.717) is 0 Å². The molecule has 1 amide bonds. The molecule has 1 aromatic carbocycles. The van der Waals surface area contributed by atoms with Gasteiger partial charge in [0.1, 0.15) is 0 Å². The molecule has 0 N–H and O–H groups in total. The van der Waals surface area contributed by atoms with E-state index in [4.69, 9.17) is 0 Å². The zero-order valence-electron chi connectivity index (χ0n) is 11.2. The van der Waals surface area contributed by atoms with Crippen molar-refractivity contribution in [1.82, 2.24) is 4.90 Å². The monoisotopic (exact) mass is 295 g/mol. The second kappa shape index (κ2) is 6.19. The van der Waals surface area contributed by atoms with Crippen LogP contribution in [0.25, 0.3) is 0 Å². The molecule has 0 radical (unpaired) electrons. The molecule has 1 atom stereocenters. The Bertz CT molecular complexity index is 499. The minimum atomic E-state index is -2.23. The molecular formula is C13H14F5NO. The summed E-state index contributed by atoms with van der Waals surface area (Å²) in [6.07, 6.45) is 0. The number of benzene rings is 1. The number of hydrogen-bond acceptors (Lipinski definition) is 1. The summed E-state index contributed by atoms with van der Waals surface area (Å²) in [5, 5.41) is 0. The van der Waals surface area contributed by atoms with E-state index in [0.717, 1.165) is 6.92 Å².